The van der Waals surface area contributed by atoms with E-state index in [2.05, 4.69) is 0 Å². The van der Waals surface area contributed by atoms with Gasteiger partial charge in [0, 0.05) is 26.1 Å². The number of ether oxygens (including phenoxy) is 1. The minimum Gasteiger partial charge on any atom is -0.497 e. The van der Waals surface area contributed by atoms with E-state index in [0.29, 0.717) is 24.6 Å². The number of nitrogens with zero attached hydrogens (tertiary/aromatic N) is 2. The maximum atomic E-state index is 12.2. The van der Waals surface area contributed by atoms with Crippen LogP contribution in [0.25, 0.3) is 6.08 Å². The van der Waals surface area contributed by atoms with Gasteiger partial charge in [-0.1, -0.05) is 24.4 Å². The van der Waals surface area contributed by atoms with E-state index in [1.54, 1.807) is 12.0 Å². The first-order valence-corrected chi connectivity index (χ1v) is 9.39. The summed E-state index contributed by atoms with van der Waals surface area (Å²) in [6.45, 7) is 5.55. The Bertz CT molecular complexity index is 682. The third-order valence-electron chi connectivity index (χ3n) is 3.95. The zero-order valence-electron chi connectivity index (χ0n) is 14.7. The second-order valence-electron chi connectivity index (χ2n) is 5.42. The lowest BCUT2D eigenvalue weighted by Gasteiger charge is -2.20. The summed E-state index contributed by atoms with van der Waals surface area (Å²) >= 11 is 6.54. The van der Waals surface area contributed by atoms with E-state index >= 15 is 0 Å². The minimum atomic E-state index is -0.128. The molecule has 134 valence electrons. The summed E-state index contributed by atoms with van der Waals surface area (Å²) in [5, 5.41) is -0.128. The molecular weight excluding hydrogens is 356 g/mol. The van der Waals surface area contributed by atoms with Gasteiger partial charge in [-0.15, -0.1) is 0 Å². The highest BCUT2D eigenvalue weighted by Crippen LogP contribution is 2.33. The Morgan fingerprint density at radius 1 is 1.28 bits per heavy atom. The number of hydrogen-bond acceptors (Lipinski definition) is 5. The van der Waals surface area contributed by atoms with Crippen molar-refractivity contribution in [1.29, 1.82) is 0 Å². The lowest BCUT2D eigenvalue weighted by Crippen LogP contribution is -2.35. The van der Waals surface area contributed by atoms with E-state index in [9.17, 15) is 9.59 Å². The van der Waals surface area contributed by atoms with Gasteiger partial charge in [-0.25, -0.2) is 0 Å². The van der Waals surface area contributed by atoms with Crippen LogP contribution >= 0.6 is 24.0 Å². The molecule has 0 bridgehead atoms. The number of thiocarbonyl (C=S) groups is 1. The van der Waals surface area contributed by atoms with Gasteiger partial charge in [0.2, 0.25) is 5.91 Å². The Kier molecular flexibility index (Phi) is 7.01. The number of amides is 2. The first kappa shape index (κ1) is 19.5. The number of methoxy groups -OCH3 is 1. The SMILES string of the molecule is CCN(CC)C(=O)CCN1C(=O)SC(=Cc2ccc(OC)cc2)C1=S. The highest BCUT2D eigenvalue weighted by molar-refractivity contribution is 8.19. The molecule has 0 aromatic heterocycles. The smallest absolute Gasteiger partial charge is 0.291 e. The number of benzene rings is 1. The lowest BCUT2D eigenvalue weighted by atomic mass is 10.2. The Morgan fingerprint density at radius 3 is 2.48 bits per heavy atom. The average molecular weight is 379 g/mol. The molecule has 2 rings (SSSR count). The molecule has 0 aliphatic carbocycles. The standard InChI is InChI=1S/C18H22N2O3S2/c1-4-19(5-2)16(21)10-11-20-17(24)15(25-18(20)22)12-13-6-8-14(23-3)9-7-13/h6-9,12H,4-5,10-11H2,1-3H3. The van der Waals surface area contributed by atoms with Crippen LogP contribution in [0.3, 0.4) is 0 Å². The number of carbonyl (C=O) groups excluding carboxylic acids is 2. The van der Waals surface area contributed by atoms with Gasteiger partial charge in [0.15, 0.2) is 0 Å². The lowest BCUT2D eigenvalue weighted by molar-refractivity contribution is -0.130. The van der Waals surface area contributed by atoms with Crippen molar-refractivity contribution < 1.29 is 14.3 Å². The van der Waals surface area contributed by atoms with Gasteiger partial charge < -0.3 is 9.64 Å². The molecule has 1 fully saturated rings. The number of hydrogen-bond donors (Lipinski definition) is 0. The Labute approximate surface area is 158 Å². The van der Waals surface area contributed by atoms with Gasteiger partial charge >= 0.3 is 0 Å². The topological polar surface area (TPSA) is 49.9 Å². The van der Waals surface area contributed by atoms with Crippen molar-refractivity contribution in [2.75, 3.05) is 26.7 Å². The van der Waals surface area contributed by atoms with Crippen LogP contribution in [-0.4, -0.2) is 52.7 Å². The van der Waals surface area contributed by atoms with Crippen LogP contribution in [0.2, 0.25) is 0 Å². The summed E-state index contributed by atoms with van der Waals surface area (Å²) in [5.41, 5.74) is 0.944. The Hall–Kier alpha value is -1.86. The molecule has 2 amide bonds. The fraction of sp³-hybridized carbons (Fsp3) is 0.389. The van der Waals surface area contributed by atoms with E-state index in [0.717, 1.165) is 28.0 Å². The molecule has 1 heterocycles. The van der Waals surface area contributed by atoms with Gasteiger partial charge in [0.25, 0.3) is 5.24 Å². The maximum Gasteiger partial charge on any atom is 0.291 e. The zero-order chi connectivity index (χ0) is 18.4. The number of thioether (sulfide) groups is 1. The maximum absolute atomic E-state index is 12.2. The first-order chi connectivity index (χ1) is 12.0. The molecule has 1 aliphatic heterocycles. The van der Waals surface area contributed by atoms with Crippen LogP contribution in [0.1, 0.15) is 25.8 Å². The van der Waals surface area contributed by atoms with Gasteiger partial charge in [-0.3, -0.25) is 14.5 Å². The molecule has 1 aliphatic rings. The Morgan fingerprint density at radius 2 is 1.92 bits per heavy atom. The van der Waals surface area contributed by atoms with Gasteiger partial charge in [-0.05, 0) is 49.4 Å². The van der Waals surface area contributed by atoms with Crippen molar-refractivity contribution in [3.63, 3.8) is 0 Å². The molecule has 0 N–H and O–H groups in total. The van der Waals surface area contributed by atoms with Crippen LogP contribution in [0.4, 0.5) is 4.79 Å². The molecular formula is C18H22N2O3S2. The van der Waals surface area contributed by atoms with E-state index in [1.165, 1.54) is 4.90 Å². The third-order valence-corrected chi connectivity index (χ3v) is 5.45. The van der Waals surface area contributed by atoms with Crippen LogP contribution in [0, 0.1) is 0 Å². The molecule has 0 spiro atoms. The van der Waals surface area contributed by atoms with Gasteiger partial charge in [0.05, 0.1) is 12.0 Å². The predicted octanol–water partition coefficient (Wildman–Crippen LogP) is 3.79. The van der Waals surface area contributed by atoms with Crippen molar-refractivity contribution in [2.24, 2.45) is 0 Å². The van der Waals surface area contributed by atoms with E-state index in [4.69, 9.17) is 17.0 Å². The van der Waals surface area contributed by atoms with Crippen molar-refractivity contribution in [1.82, 2.24) is 9.80 Å². The second kappa shape index (κ2) is 9.01. The van der Waals surface area contributed by atoms with Crippen molar-refractivity contribution in [2.45, 2.75) is 20.3 Å². The fourth-order valence-corrected chi connectivity index (χ4v) is 3.78. The quantitative estimate of drug-likeness (QED) is 0.534. The van der Waals surface area contributed by atoms with E-state index in [-0.39, 0.29) is 17.6 Å². The molecule has 5 nitrogen and oxygen atoms in total. The summed E-state index contributed by atoms with van der Waals surface area (Å²) in [4.78, 5) is 28.8. The van der Waals surface area contributed by atoms with Crippen LogP contribution in [-0.2, 0) is 4.79 Å². The molecule has 7 heteroatoms. The molecule has 1 aromatic rings. The third kappa shape index (κ3) is 4.83. The van der Waals surface area contributed by atoms with Crippen LogP contribution in [0.15, 0.2) is 29.2 Å². The molecule has 25 heavy (non-hydrogen) atoms. The summed E-state index contributed by atoms with van der Waals surface area (Å²) < 4.78 is 5.14. The molecule has 1 aromatic carbocycles. The monoisotopic (exact) mass is 378 g/mol. The Balaban J connectivity index is 2.03. The van der Waals surface area contributed by atoms with Gasteiger partial charge in [0.1, 0.15) is 10.7 Å². The van der Waals surface area contributed by atoms with Gasteiger partial charge in [-0.2, -0.15) is 0 Å². The highest BCUT2D eigenvalue weighted by Gasteiger charge is 2.32. The molecule has 0 atom stereocenters. The molecule has 1 saturated heterocycles. The van der Waals surface area contributed by atoms with E-state index < -0.39 is 0 Å². The zero-order valence-corrected chi connectivity index (χ0v) is 16.3. The van der Waals surface area contributed by atoms with Crippen molar-refractivity contribution in [3.05, 3.63) is 34.7 Å². The van der Waals surface area contributed by atoms with Crippen LogP contribution in [0.5, 0.6) is 5.75 Å². The van der Waals surface area contributed by atoms with Crippen LogP contribution < -0.4 is 4.74 Å². The summed E-state index contributed by atoms with van der Waals surface area (Å²) in [6, 6.07) is 7.53. The molecule has 0 saturated carbocycles. The predicted molar refractivity (Wildman–Crippen MR) is 106 cm³/mol. The normalized spacial score (nSPS) is 15.8. The summed E-state index contributed by atoms with van der Waals surface area (Å²) in [6.07, 6.45) is 2.17. The van der Waals surface area contributed by atoms with Crippen molar-refractivity contribution >= 4 is 46.2 Å². The number of rotatable bonds is 7. The largest absolute Gasteiger partial charge is 0.497 e. The van der Waals surface area contributed by atoms with E-state index in [1.807, 2.05) is 44.2 Å². The summed E-state index contributed by atoms with van der Waals surface area (Å²) in [5.74, 6) is 0.814. The first-order valence-electron chi connectivity index (χ1n) is 8.17. The minimum absolute atomic E-state index is 0.0400. The fourth-order valence-electron chi connectivity index (χ4n) is 2.49. The highest BCUT2D eigenvalue weighted by atomic mass is 32.2. The van der Waals surface area contributed by atoms with Crippen molar-refractivity contribution in [3.8, 4) is 5.75 Å². The molecule has 0 radical (unpaired) electrons. The second-order valence-corrected chi connectivity index (χ2v) is 6.80. The molecule has 0 unspecified atom stereocenters. The number of carbonyl (C=O) groups is 2. The average Bonchev–Trinajstić information content (AvgIpc) is 2.88. The summed E-state index contributed by atoms with van der Waals surface area (Å²) in [7, 11) is 1.62.